The summed E-state index contributed by atoms with van der Waals surface area (Å²) < 4.78 is 26.4. The van der Waals surface area contributed by atoms with Gasteiger partial charge in [-0.25, -0.2) is 13.6 Å². The zero-order chi connectivity index (χ0) is 12.1. The fourth-order valence-electron chi connectivity index (χ4n) is 1.14. The second kappa shape index (κ2) is 5.26. The minimum Gasteiger partial charge on any atom is -0.477 e. The van der Waals surface area contributed by atoms with E-state index in [-0.39, 0.29) is 5.56 Å². The van der Waals surface area contributed by atoms with Crippen molar-refractivity contribution >= 4 is 5.97 Å². The van der Waals surface area contributed by atoms with Crippen molar-refractivity contribution in [3.05, 3.63) is 34.9 Å². The third kappa shape index (κ3) is 2.80. The molecule has 0 aliphatic heterocycles. The first-order chi connectivity index (χ1) is 7.56. The Labute approximate surface area is 91.9 Å². The Morgan fingerprint density at radius 1 is 1.38 bits per heavy atom. The van der Waals surface area contributed by atoms with E-state index in [1.165, 1.54) is 0 Å². The molecule has 0 aliphatic rings. The van der Waals surface area contributed by atoms with Crippen LogP contribution in [0.4, 0.5) is 8.78 Å². The van der Waals surface area contributed by atoms with Gasteiger partial charge in [-0.2, -0.15) is 0 Å². The normalized spacial score (nSPS) is 9.44. The van der Waals surface area contributed by atoms with Gasteiger partial charge in [-0.3, -0.25) is 0 Å². The molecule has 0 bridgehead atoms. The second-order valence-corrected chi connectivity index (χ2v) is 3.17. The van der Waals surface area contributed by atoms with E-state index in [0.29, 0.717) is 6.42 Å². The third-order valence-corrected chi connectivity index (χ3v) is 1.86. The molecule has 1 N–H and O–H groups in total. The van der Waals surface area contributed by atoms with E-state index in [1.54, 1.807) is 0 Å². The van der Waals surface area contributed by atoms with Crippen LogP contribution in [0.15, 0.2) is 12.1 Å². The van der Waals surface area contributed by atoms with Gasteiger partial charge in [0.2, 0.25) is 0 Å². The lowest BCUT2D eigenvalue weighted by Gasteiger charge is -2.00. The lowest BCUT2D eigenvalue weighted by molar-refractivity contribution is 0.0686. The highest BCUT2D eigenvalue weighted by Gasteiger charge is 2.16. The smallest absolute Gasteiger partial charge is 0.341 e. The maximum Gasteiger partial charge on any atom is 0.341 e. The van der Waals surface area contributed by atoms with Crippen molar-refractivity contribution in [1.82, 2.24) is 0 Å². The maximum atomic E-state index is 13.2. The molecule has 2 nitrogen and oxygen atoms in total. The molecule has 0 atom stereocenters. The van der Waals surface area contributed by atoms with Crippen LogP contribution < -0.4 is 0 Å². The molecule has 1 rings (SSSR count). The number of carbonyl (C=O) groups is 1. The average Bonchev–Trinajstić information content (AvgIpc) is 2.16. The third-order valence-electron chi connectivity index (χ3n) is 1.86. The van der Waals surface area contributed by atoms with Gasteiger partial charge in [0.1, 0.15) is 17.2 Å². The molecule has 0 radical (unpaired) electrons. The Morgan fingerprint density at radius 2 is 1.94 bits per heavy atom. The van der Waals surface area contributed by atoms with Crippen molar-refractivity contribution in [2.45, 2.75) is 19.8 Å². The van der Waals surface area contributed by atoms with Crippen LogP contribution >= 0.6 is 0 Å². The van der Waals surface area contributed by atoms with Crippen molar-refractivity contribution in [3.63, 3.8) is 0 Å². The summed E-state index contributed by atoms with van der Waals surface area (Å²) in [7, 11) is 0. The summed E-state index contributed by atoms with van der Waals surface area (Å²) in [4.78, 5) is 10.5. The fourth-order valence-corrected chi connectivity index (χ4v) is 1.14. The highest BCUT2D eigenvalue weighted by atomic mass is 19.1. The van der Waals surface area contributed by atoms with E-state index in [2.05, 4.69) is 11.8 Å². The van der Waals surface area contributed by atoms with E-state index in [9.17, 15) is 13.6 Å². The topological polar surface area (TPSA) is 37.3 Å². The summed E-state index contributed by atoms with van der Waals surface area (Å²) in [6.45, 7) is 1.93. The van der Waals surface area contributed by atoms with E-state index < -0.39 is 23.2 Å². The molecular weight excluding hydrogens is 214 g/mol. The van der Waals surface area contributed by atoms with Gasteiger partial charge in [0.15, 0.2) is 0 Å². The molecule has 0 saturated carbocycles. The van der Waals surface area contributed by atoms with Gasteiger partial charge in [-0.15, -0.1) is 0 Å². The van der Waals surface area contributed by atoms with Gasteiger partial charge >= 0.3 is 5.97 Å². The lowest BCUT2D eigenvalue weighted by Crippen LogP contribution is -2.05. The minimum atomic E-state index is -1.62. The highest BCUT2D eigenvalue weighted by molar-refractivity contribution is 5.88. The summed E-state index contributed by atoms with van der Waals surface area (Å²) in [5, 5.41) is 8.54. The second-order valence-electron chi connectivity index (χ2n) is 3.17. The zero-order valence-electron chi connectivity index (χ0n) is 8.68. The number of unbranched alkanes of at least 4 members (excludes halogenated alkanes) is 1. The molecule has 0 aromatic heterocycles. The minimum absolute atomic E-state index is 0.147. The first-order valence-electron chi connectivity index (χ1n) is 4.77. The van der Waals surface area contributed by atoms with Crippen LogP contribution in [-0.4, -0.2) is 11.1 Å². The first kappa shape index (κ1) is 12.2. The van der Waals surface area contributed by atoms with Gasteiger partial charge in [0, 0.05) is 12.0 Å². The number of aromatic carboxylic acids is 1. The van der Waals surface area contributed by atoms with E-state index >= 15 is 0 Å². The van der Waals surface area contributed by atoms with Crippen molar-refractivity contribution in [2.24, 2.45) is 0 Å². The van der Waals surface area contributed by atoms with Gasteiger partial charge in [0.05, 0.1) is 0 Å². The molecule has 4 heteroatoms. The first-order valence-corrected chi connectivity index (χ1v) is 4.77. The number of halogens is 2. The van der Waals surface area contributed by atoms with Crippen LogP contribution in [0.25, 0.3) is 0 Å². The zero-order valence-corrected chi connectivity index (χ0v) is 8.68. The molecule has 0 saturated heterocycles. The number of hydrogen-bond donors (Lipinski definition) is 1. The van der Waals surface area contributed by atoms with Gasteiger partial charge in [-0.1, -0.05) is 18.8 Å². The largest absolute Gasteiger partial charge is 0.477 e. The molecule has 84 valence electrons. The number of carboxylic acid groups (broad SMARTS) is 1. The Hall–Kier alpha value is -1.89. The molecule has 0 heterocycles. The van der Waals surface area contributed by atoms with Gasteiger partial charge in [-0.05, 0) is 18.6 Å². The van der Waals surface area contributed by atoms with Crippen LogP contribution in [0.3, 0.4) is 0 Å². The summed E-state index contributed by atoms with van der Waals surface area (Å²) in [5.74, 6) is 1.47. The number of benzene rings is 1. The standard InChI is InChI=1S/C12H10F2O2/c1-2-3-4-5-8-6-9(13)11(12(15)16)10(14)7-8/h6-7H,2-3H2,1H3,(H,15,16). The van der Waals surface area contributed by atoms with E-state index in [1.807, 2.05) is 6.92 Å². The van der Waals surface area contributed by atoms with Gasteiger partial charge in [0.25, 0.3) is 0 Å². The van der Waals surface area contributed by atoms with E-state index in [0.717, 1.165) is 18.6 Å². The molecular formula is C12H10F2O2. The number of rotatable bonds is 2. The predicted molar refractivity (Wildman–Crippen MR) is 55.1 cm³/mol. The Morgan fingerprint density at radius 3 is 2.38 bits per heavy atom. The summed E-state index contributed by atoms with van der Waals surface area (Å²) in [6.07, 6.45) is 1.48. The molecule has 0 amide bonds. The van der Waals surface area contributed by atoms with Crippen molar-refractivity contribution in [1.29, 1.82) is 0 Å². The fraction of sp³-hybridized carbons (Fsp3) is 0.250. The maximum absolute atomic E-state index is 13.2. The quantitative estimate of drug-likeness (QED) is 0.784. The monoisotopic (exact) mass is 224 g/mol. The summed E-state index contributed by atoms with van der Waals surface area (Å²) >= 11 is 0. The van der Waals surface area contributed by atoms with Crippen molar-refractivity contribution < 1.29 is 18.7 Å². The Balaban J connectivity index is 3.11. The highest BCUT2D eigenvalue weighted by Crippen LogP contribution is 2.14. The molecule has 0 aliphatic carbocycles. The summed E-state index contributed by atoms with van der Waals surface area (Å²) in [5.41, 5.74) is -0.797. The van der Waals surface area contributed by atoms with E-state index in [4.69, 9.17) is 5.11 Å². The van der Waals surface area contributed by atoms with Crippen LogP contribution in [-0.2, 0) is 0 Å². The summed E-state index contributed by atoms with van der Waals surface area (Å²) in [6, 6.07) is 1.85. The predicted octanol–water partition coefficient (Wildman–Crippen LogP) is 2.81. The Bertz CT molecular complexity index is 447. The molecule has 0 fully saturated rings. The molecule has 1 aromatic carbocycles. The molecule has 16 heavy (non-hydrogen) atoms. The van der Waals surface area contributed by atoms with Crippen LogP contribution in [0.1, 0.15) is 35.7 Å². The molecule has 1 aromatic rings. The Kier molecular flexibility index (Phi) is 4.01. The van der Waals surface area contributed by atoms with Gasteiger partial charge < -0.3 is 5.11 Å². The average molecular weight is 224 g/mol. The van der Waals surface area contributed by atoms with Crippen LogP contribution in [0.5, 0.6) is 0 Å². The van der Waals surface area contributed by atoms with Crippen molar-refractivity contribution in [2.75, 3.05) is 0 Å². The lowest BCUT2D eigenvalue weighted by atomic mass is 10.1. The SMILES string of the molecule is CCCC#Cc1cc(F)c(C(=O)O)c(F)c1. The van der Waals surface area contributed by atoms with Crippen molar-refractivity contribution in [3.8, 4) is 11.8 Å². The number of hydrogen-bond acceptors (Lipinski definition) is 1. The van der Waals surface area contributed by atoms with Crippen LogP contribution in [0.2, 0.25) is 0 Å². The molecule has 0 spiro atoms. The molecule has 0 unspecified atom stereocenters. The van der Waals surface area contributed by atoms with Crippen LogP contribution in [0, 0.1) is 23.5 Å². The number of carboxylic acids is 1.